The number of halogens is 2. The lowest BCUT2D eigenvalue weighted by molar-refractivity contribution is 0.135. The third-order valence-electron chi connectivity index (χ3n) is 3.45. The largest absolute Gasteiger partial charge is 0.483 e. The van der Waals surface area contributed by atoms with Gasteiger partial charge in [0.1, 0.15) is 11.4 Å². The molecule has 1 heterocycles. The number of hydrogen-bond acceptors (Lipinski definition) is 2. The van der Waals surface area contributed by atoms with Crippen molar-refractivity contribution in [1.82, 2.24) is 0 Å². The second-order valence-electron chi connectivity index (χ2n) is 5.77. The van der Waals surface area contributed by atoms with Crippen LogP contribution in [0.15, 0.2) is 36.4 Å². The van der Waals surface area contributed by atoms with Crippen LogP contribution in [0.4, 0.5) is 0 Å². The summed E-state index contributed by atoms with van der Waals surface area (Å²) in [6, 6.07) is 11.4. The molecule has 2 aromatic carbocycles. The van der Waals surface area contributed by atoms with Crippen LogP contribution in [0.25, 0.3) is 0 Å². The van der Waals surface area contributed by atoms with E-state index < -0.39 is 0 Å². The van der Waals surface area contributed by atoms with Crippen LogP contribution in [-0.4, -0.2) is 5.60 Å². The third kappa shape index (κ3) is 2.97. The molecule has 21 heavy (non-hydrogen) atoms. The zero-order valence-electron chi connectivity index (χ0n) is 12.0. The van der Waals surface area contributed by atoms with Gasteiger partial charge in [0.05, 0.1) is 5.88 Å². The van der Waals surface area contributed by atoms with Crippen molar-refractivity contribution in [3.8, 4) is 17.2 Å². The maximum Gasteiger partial charge on any atom is 0.169 e. The van der Waals surface area contributed by atoms with Crippen LogP contribution in [0.1, 0.15) is 25.0 Å². The first-order chi connectivity index (χ1) is 9.98. The van der Waals surface area contributed by atoms with E-state index in [-0.39, 0.29) is 5.60 Å². The Hall–Kier alpha value is -1.38. The van der Waals surface area contributed by atoms with E-state index in [1.807, 2.05) is 18.2 Å². The Bertz CT molecular complexity index is 680. The van der Waals surface area contributed by atoms with Crippen LogP contribution < -0.4 is 9.47 Å². The molecule has 0 N–H and O–H groups in total. The molecule has 3 rings (SSSR count). The van der Waals surface area contributed by atoms with Gasteiger partial charge in [-0.3, -0.25) is 0 Å². The van der Waals surface area contributed by atoms with E-state index >= 15 is 0 Å². The first-order valence-corrected chi connectivity index (χ1v) is 7.73. The van der Waals surface area contributed by atoms with Gasteiger partial charge in [0.2, 0.25) is 0 Å². The lowest BCUT2D eigenvalue weighted by Crippen LogP contribution is -2.24. The average Bonchev–Trinajstić information content (AvgIpc) is 2.74. The Kier molecular flexibility index (Phi) is 3.76. The smallest absolute Gasteiger partial charge is 0.169 e. The normalized spacial score (nSPS) is 15.4. The average molecular weight is 323 g/mol. The predicted molar refractivity (Wildman–Crippen MR) is 85.9 cm³/mol. The van der Waals surface area contributed by atoms with Crippen LogP contribution in [-0.2, 0) is 12.3 Å². The van der Waals surface area contributed by atoms with Crippen molar-refractivity contribution < 1.29 is 9.47 Å². The number of ether oxygens (including phenoxy) is 2. The highest BCUT2D eigenvalue weighted by molar-refractivity contribution is 6.30. The van der Waals surface area contributed by atoms with Gasteiger partial charge in [-0.2, -0.15) is 0 Å². The van der Waals surface area contributed by atoms with Crippen LogP contribution in [0.2, 0.25) is 5.02 Å². The quantitative estimate of drug-likeness (QED) is 0.686. The third-order valence-corrected chi connectivity index (χ3v) is 3.97. The fourth-order valence-corrected chi connectivity index (χ4v) is 2.90. The van der Waals surface area contributed by atoms with E-state index in [2.05, 4.69) is 19.9 Å². The number of fused-ring (bicyclic) bond motifs is 1. The molecular weight excluding hydrogens is 307 g/mol. The summed E-state index contributed by atoms with van der Waals surface area (Å²) in [4.78, 5) is 0. The van der Waals surface area contributed by atoms with Crippen molar-refractivity contribution in [2.24, 2.45) is 0 Å². The minimum Gasteiger partial charge on any atom is -0.483 e. The molecule has 0 saturated heterocycles. The maximum atomic E-state index is 6.05. The van der Waals surface area contributed by atoms with Crippen LogP contribution >= 0.6 is 23.2 Å². The highest BCUT2D eigenvalue weighted by atomic mass is 35.5. The summed E-state index contributed by atoms with van der Waals surface area (Å²) in [5.74, 6) is 2.54. The lowest BCUT2D eigenvalue weighted by Gasteiger charge is -2.18. The molecule has 1 aliphatic rings. The van der Waals surface area contributed by atoms with Gasteiger partial charge >= 0.3 is 0 Å². The molecule has 0 amide bonds. The second-order valence-corrected chi connectivity index (χ2v) is 6.47. The molecule has 0 aliphatic carbocycles. The second kappa shape index (κ2) is 5.43. The lowest BCUT2D eigenvalue weighted by atomic mass is 10.0. The van der Waals surface area contributed by atoms with Gasteiger partial charge in [0.25, 0.3) is 0 Å². The number of benzene rings is 2. The Morgan fingerprint density at radius 3 is 2.76 bits per heavy atom. The molecule has 110 valence electrons. The van der Waals surface area contributed by atoms with E-state index in [1.54, 1.807) is 12.1 Å². The predicted octanol–water partition coefficient (Wildman–Crippen LogP) is 5.58. The SMILES string of the molecule is CC1(C)Cc2cccc(Oc3cc(Cl)ccc3CCl)c2O1. The van der Waals surface area contributed by atoms with Gasteiger partial charge < -0.3 is 9.47 Å². The van der Waals surface area contributed by atoms with Gasteiger partial charge in [-0.15, -0.1) is 11.6 Å². The summed E-state index contributed by atoms with van der Waals surface area (Å²) in [7, 11) is 0. The molecule has 0 unspecified atom stereocenters. The molecule has 4 heteroatoms. The van der Waals surface area contributed by atoms with Crippen molar-refractivity contribution in [3.05, 3.63) is 52.5 Å². The van der Waals surface area contributed by atoms with Gasteiger partial charge in [0, 0.05) is 22.6 Å². The first kappa shape index (κ1) is 14.6. The molecule has 0 fully saturated rings. The van der Waals surface area contributed by atoms with E-state index in [1.165, 1.54) is 0 Å². The highest BCUT2D eigenvalue weighted by Gasteiger charge is 2.32. The number of hydrogen-bond donors (Lipinski definition) is 0. The van der Waals surface area contributed by atoms with E-state index in [4.69, 9.17) is 32.7 Å². The fourth-order valence-electron chi connectivity index (χ4n) is 2.52. The monoisotopic (exact) mass is 322 g/mol. The Balaban J connectivity index is 1.98. The summed E-state index contributed by atoms with van der Waals surface area (Å²) in [5, 5.41) is 0.618. The summed E-state index contributed by atoms with van der Waals surface area (Å²) in [6.45, 7) is 4.14. The zero-order valence-corrected chi connectivity index (χ0v) is 13.5. The summed E-state index contributed by atoms with van der Waals surface area (Å²) < 4.78 is 12.0. The Morgan fingerprint density at radius 2 is 2.00 bits per heavy atom. The van der Waals surface area contributed by atoms with Crippen molar-refractivity contribution in [2.75, 3.05) is 0 Å². The van der Waals surface area contributed by atoms with Gasteiger partial charge in [0.15, 0.2) is 11.5 Å². The van der Waals surface area contributed by atoms with E-state index in [0.717, 1.165) is 23.3 Å². The van der Waals surface area contributed by atoms with Crippen LogP contribution in [0.5, 0.6) is 17.2 Å². The van der Waals surface area contributed by atoms with Crippen molar-refractivity contribution in [1.29, 1.82) is 0 Å². The molecule has 0 atom stereocenters. The standard InChI is InChI=1S/C17H16Cl2O2/c1-17(2)9-11-4-3-5-14(16(11)21-17)20-15-8-13(19)7-6-12(15)10-18/h3-8H,9-10H2,1-2H3. The van der Waals surface area contributed by atoms with Gasteiger partial charge in [-0.25, -0.2) is 0 Å². The van der Waals surface area contributed by atoms with E-state index in [0.29, 0.717) is 22.4 Å². The zero-order chi connectivity index (χ0) is 15.0. The molecular formula is C17H16Cl2O2. The topological polar surface area (TPSA) is 18.5 Å². The van der Waals surface area contributed by atoms with Crippen LogP contribution in [0.3, 0.4) is 0 Å². The van der Waals surface area contributed by atoms with Gasteiger partial charge in [-0.1, -0.05) is 29.8 Å². The Morgan fingerprint density at radius 1 is 1.19 bits per heavy atom. The summed E-state index contributed by atoms with van der Waals surface area (Å²) in [5.41, 5.74) is 1.86. The van der Waals surface area contributed by atoms with Crippen LogP contribution in [0, 0.1) is 0 Å². The number of rotatable bonds is 3. The molecule has 1 aliphatic heterocycles. The molecule has 0 bridgehead atoms. The molecule has 2 aromatic rings. The number of para-hydroxylation sites is 1. The molecule has 0 spiro atoms. The van der Waals surface area contributed by atoms with Gasteiger partial charge in [-0.05, 0) is 32.0 Å². The van der Waals surface area contributed by atoms with Crippen molar-refractivity contribution >= 4 is 23.2 Å². The Labute approximate surface area is 134 Å². The molecule has 2 nitrogen and oxygen atoms in total. The summed E-state index contributed by atoms with van der Waals surface area (Å²) in [6.07, 6.45) is 0.872. The maximum absolute atomic E-state index is 6.05. The minimum atomic E-state index is -0.203. The molecule has 0 radical (unpaired) electrons. The molecule has 0 aromatic heterocycles. The van der Waals surface area contributed by atoms with E-state index in [9.17, 15) is 0 Å². The molecule has 0 saturated carbocycles. The first-order valence-electron chi connectivity index (χ1n) is 6.82. The van der Waals surface area contributed by atoms with Crippen molar-refractivity contribution in [2.45, 2.75) is 31.7 Å². The highest BCUT2D eigenvalue weighted by Crippen LogP contribution is 2.44. The fraction of sp³-hybridized carbons (Fsp3) is 0.294. The minimum absolute atomic E-state index is 0.203. The summed E-state index contributed by atoms with van der Waals surface area (Å²) >= 11 is 12.0. The number of alkyl halides is 1. The van der Waals surface area contributed by atoms with Crippen molar-refractivity contribution in [3.63, 3.8) is 0 Å².